The molecular weight excluding hydrogens is 294 g/mol. The molecule has 0 saturated heterocycles. The summed E-state index contributed by atoms with van der Waals surface area (Å²) in [5.74, 6) is 1.09. The van der Waals surface area contributed by atoms with Gasteiger partial charge in [-0.25, -0.2) is 5.01 Å². The lowest BCUT2D eigenvalue weighted by molar-refractivity contribution is 0.0730. The maximum Gasteiger partial charge on any atom is 0.272 e. The number of hydrazine groups is 1. The zero-order valence-corrected chi connectivity index (χ0v) is 12.7. The summed E-state index contributed by atoms with van der Waals surface area (Å²) >= 11 is 6.19. The van der Waals surface area contributed by atoms with E-state index < -0.39 is 0 Å². The summed E-state index contributed by atoms with van der Waals surface area (Å²) in [7, 11) is 1.51. The zero-order chi connectivity index (χ0) is 15.4. The summed E-state index contributed by atoms with van der Waals surface area (Å²) in [5.41, 5.74) is 8.76. The summed E-state index contributed by atoms with van der Waals surface area (Å²) in [6.07, 6.45) is 2.57. The van der Waals surface area contributed by atoms with Crippen molar-refractivity contribution >= 4 is 17.5 Å². The molecule has 3 N–H and O–H groups in total. The first-order chi connectivity index (χ1) is 10.1. The fraction of sp³-hybridized carbons (Fsp3) is 0.357. The molecule has 1 amide bonds. The van der Waals surface area contributed by atoms with E-state index in [1.54, 1.807) is 18.2 Å². The Labute approximate surface area is 128 Å². The Morgan fingerprint density at radius 1 is 1.52 bits per heavy atom. The zero-order valence-electron chi connectivity index (χ0n) is 12.0. The standard InChI is InChI=1S/C14H18ClN3O3/c1-3-6-21-13-10(15)7-9(8-11(13)20-2)14(19)18-5-4-12(16)17-18/h4,7-8,17H,3,5-6,16H2,1-2H3. The first kappa shape index (κ1) is 15.3. The molecule has 1 aliphatic heterocycles. The number of nitrogens with two attached hydrogens (primary N) is 1. The van der Waals surface area contributed by atoms with Gasteiger partial charge in [0.25, 0.3) is 5.91 Å². The number of methoxy groups -OCH3 is 1. The van der Waals surface area contributed by atoms with E-state index in [0.29, 0.717) is 41.1 Å². The van der Waals surface area contributed by atoms with Crippen LogP contribution in [0.4, 0.5) is 0 Å². The first-order valence-corrected chi connectivity index (χ1v) is 6.99. The topological polar surface area (TPSA) is 76.8 Å². The van der Waals surface area contributed by atoms with E-state index in [0.717, 1.165) is 6.42 Å². The van der Waals surface area contributed by atoms with E-state index in [2.05, 4.69) is 5.43 Å². The molecule has 1 heterocycles. The van der Waals surface area contributed by atoms with Crippen LogP contribution in [0, 0.1) is 0 Å². The average Bonchev–Trinajstić information content (AvgIpc) is 2.91. The minimum atomic E-state index is -0.242. The van der Waals surface area contributed by atoms with Crippen LogP contribution < -0.4 is 20.6 Å². The molecule has 0 bridgehead atoms. The highest BCUT2D eigenvalue weighted by atomic mass is 35.5. The van der Waals surface area contributed by atoms with Crippen LogP contribution in [0.25, 0.3) is 0 Å². The number of carbonyl (C=O) groups excluding carboxylic acids is 1. The van der Waals surface area contributed by atoms with Crippen LogP contribution in [0.3, 0.4) is 0 Å². The van der Waals surface area contributed by atoms with Gasteiger partial charge in [0, 0.05) is 5.56 Å². The predicted molar refractivity (Wildman–Crippen MR) is 80.2 cm³/mol. The van der Waals surface area contributed by atoms with Crippen molar-refractivity contribution in [2.24, 2.45) is 5.73 Å². The molecule has 21 heavy (non-hydrogen) atoms. The Morgan fingerprint density at radius 2 is 2.29 bits per heavy atom. The quantitative estimate of drug-likeness (QED) is 0.868. The molecule has 114 valence electrons. The fourth-order valence-corrected chi connectivity index (χ4v) is 2.18. The molecule has 0 spiro atoms. The van der Waals surface area contributed by atoms with Crippen LogP contribution in [-0.2, 0) is 0 Å². The van der Waals surface area contributed by atoms with Crippen LogP contribution in [0.5, 0.6) is 11.5 Å². The average molecular weight is 312 g/mol. The van der Waals surface area contributed by atoms with Gasteiger partial charge in [0.15, 0.2) is 11.5 Å². The number of benzene rings is 1. The van der Waals surface area contributed by atoms with Crippen molar-refractivity contribution in [1.82, 2.24) is 10.4 Å². The van der Waals surface area contributed by atoms with Crippen LogP contribution in [0.15, 0.2) is 24.0 Å². The molecule has 1 aromatic rings. The lowest BCUT2D eigenvalue weighted by Gasteiger charge is -2.19. The fourth-order valence-electron chi connectivity index (χ4n) is 1.91. The molecule has 1 aromatic carbocycles. The van der Waals surface area contributed by atoms with E-state index in [9.17, 15) is 4.79 Å². The minimum absolute atomic E-state index is 0.242. The van der Waals surface area contributed by atoms with Gasteiger partial charge in [-0.05, 0) is 24.6 Å². The Morgan fingerprint density at radius 3 is 2.86 bits per heavy atom. The van der Waals surface area contributed by atoms with Crippen molar-refractivity contribution in [3.05, 3.63) is 34.6 Å². The van der Waals surface area contributed by atoms with Gasteiger partial charge in [-0.2, -0.15) is 0 Å². The van der Waals surface area contributed by atoms with Gasteiger partial charge in [0.05, 0.1) is 25.3 Å². The number of hydrogen-bond acceptors (Lipinski definition) is 5. The molecule has 1 aliphatic rings. The van der Waals surface area contributed by atoms with Gasteiger partial charge in [-0.3, -0.25) is 10.2 Å². The smallest absolute Gasteiger partial charge is 0.272 e. The monoisotopic (exact) mass is 311 g/mol. The molecule has 0 fully saturated rings. The molecule has 7 heteroatoms. The van der Waals surface area contributed by atoms with E-state index in [1.165, 1.54) is 12.1 Å². The maximum absolute atomic E-state index is 12.4. The second-order valence-electron chi connectivity index (χ2n) is 4.52. The summed E-state index contributed by atoms with van der Waals surface area (Å²) < 4.78 is 10.8. The van der Waals surface area contributed by atoms with Crippen molar-refractivity contribution in [2.45, 2.75) is 13.3 Å². The highest BCUT2D eigenvalue weighted by Crippen LogP contribution is 2.36. The van der Waals surface area contributed by atoms with Crippen molar-refractivity contribution in [3.63, 3.8) is 0 Å². The van der Waals surface area contributed by atoms with Crippen molar-refractivity contribution in [3.8, 4) is 11.5 Å². The predicted octanol–water partition coefficient (Wildman–Crippen LogP) is 1.90. The summed E-state index contributed by atoms with van der Waals surface area (Å²) in [6.45, 7) is 2.92. The molecule has 0 unspecified atom stereocenters. The van der Waals surface area contributed by atoms with E-state index in [-0.39, 0.29) is 5.91 Å². The molecule has 2 rings (SSSR count). The largest absolute Gasteiger partial charge is 0.493 e. The van der Waals surface area contributed by atoms with Crippen LogP contribution in [-0.4, -0.2) is 31.2 Å². The minimum Gasteiger partial charge on any atom is -0.493 e. The lowest BCUT2D eigenvalue weighted by atomic mass is 10.2. The molecule has 0 aliphatic carbocycles. The molecule has 0 atom stereocenters. The molecular formula is C14H18ClN3O3. The maximum atomic E-state index is 12.4. The van der Waals surface area contributed by atoms with E-state index >= 15 is 0 Å². The Hall–Kier alpha value is -2.08. The van der Waals surface area contributed by atoms with E-state index in [1.807, 2.05) is 6.92 Å². The van der Waals surface area contributed by atoms with Gasteiger partial charge >= 0.3 is 0 Å². The van der Waals surface area contributed by atoms with Gasteiger partial charge in [-0.1, -0.05) is 18.5 Å². The van der Waals surface area contributed by atoms with Crippen molar-refractivity contribution in [1.29, 1.82) is 0 Å². The summed E-state index contributed by atoms with van der Waals surface area (Å²) in [6, 6.07) is 3.17. The Balaban J connectivity index is 2.25. The summed E-state index contributed by atoms with van der Waals surface area (Å²) in [4.78, 5) is 12.4. The SMILES string of the molecule is CCCOc1c(Cl)cc(C(=O)N2CC=C(N)N2)cc1OC. The molecule has 0 saturated carbocycles. The molecule has 6 nitrogen and oxygen atoms in total. The molecule has 0 radical (unpaired) electrons. The molecule has 0 aromatic heterocycles. The van der Waals surface area contributed by atoms with Gasteiger partial charge in [0.2, 0.25) is 0 Å². The number of halogens is 1. The van der Waals surface area contributed by atoms with Gasteiger partial charge in [-0.15, -0.1) is 0 Å². The second kappa shape index (κ2) is 6.58. The third-order valence-electron chi connectivity index (χ3n) is 2.93. The number of ether oxygens (including phenoxy) is 2. The number of nitrogens with zero attached hydrogens (tertiary/aromatic N) is 1. The van der Waals surface area contributed by atoms with Crippen LogP contribution >= 0.6 is 11.6 Å². The number of nitrogens with one attached hydrogen (secondary N) is 1. The lowest BCUT2D eigenvalue weighted by Crippen LogP contribution is -2.39. The number of carbonyl (C=O) groups is 1. The normalized spacial score (nSPS) is 13.7. The third-order valence-corrected chi connectivity index (χ3v) is 3.21. The third kappa shape index (κ3) is 3.33. The van der Waals surface area contributed by atoms with Crippen LogP contribution in [0.2, 0.25) is 5.02 Å². The number of rotatable bonds is 5. The number of hydrogen-bond donors (Lipinski definition) is 2. The highest BCUT2D eigenvalue weighted by Gasteiger charge is 2.22. The second-order valence-corrected chi connectivity index (χ2v) is 4.93. The Bertz CT molecular complexity index is 575. The van der Waals surface area contributed by atoms with Gasteiger partial charge in [0.1, 0.15) is 5.82 Å². The van der Waals surface area contributed by atoms with Crippen molar-refractivity contribution < 1.29 is 14.3 Å². The van der Waals surface area contributed by atoms with Crippen molar-refractivity contribution in [2.75, 3.05) is 20.3 Å². The number of amides is 1. The van der Waals surface area contributed by atoms with E-state index in [4.69, 9.17) is 26.8 Å². The summed E-state index contributed by atoms with van der Waals surface area (Å²) in [5, 5.41) is 1.73. The van der Waals surface area contributed by atoms with Gasteiger partial charge < -0.3 is 15.2 Å². The Kier molecular flexibility index (Phi) is 4.80. The first-order valence-electron chi connectivity index (χ1n) is 6.61. The van der Waals surface area contributed by atoms with Crippen LogP contribution in [0.1, 0.15) is 23.7 Å². The highest BCUT2D eigenvalue weighted by molar-refractivity contribution is 6.32.